The lowest BCUT2D eigenvalue weighted by Gasteiger charge is -2.20. The van der Waals surface area contributed by atoms with Crippen LogP contribution in [-0.4, -0.2) is 17.4 Å². The molecule has 3 nitrogen and oxygen atoms in total. The Balaban J connectivity index is 4.13. The van der Waals surface area contributed by atoms with E-state index in [1.807, 2.05) is 20.8 Å². The van der Waals surface area contributed by atoms with Crippen LogP contribution in [0.4, 0.5) is 0 Å². The van der Waals surface area contributed by atoms with Gasteiger partial charge in [-0.25, -0.2) is 0 Å². The monoisotopic (exact) mass is 212 g/mol. The van der Waals surface area contributed by atoms with Crippen molar-refractivity contribution in [2.24, 2.45) is 5.92 Å². The summed E-state index contributed by atoms with van der Waals surface area (Å²) < 4.78 is 5.12. The van der Waals surface area contributed by atoms with E-state index < -0.39 is 5.60 Å². The third-order valence-corrected chi connectivity index (χ3v) is 1.71. The van der Waals surface area contributed by atoms with E-state index >= 15 is 0 Å². The molecule has 0 aliphatic heterocycles. The Hall–Kier alpha value is -1.12. The second kappa shape index (κ2) is 5.69. The Morgan fingerprint density at radius 3 is 2.27 bits per heavy atom. The van der Waals surface area contributed by atoms with Crippen molar-refractivity contribution in [3.8, 4) is 0 Å². The van der Waals surface area contributed by atoms with Gasteiger partial charge in [0.05, 0.1) is 6.42 Å². The zero-order valence-corrected chi connectivity index (χ0v) is 10.2. The molecule has 0 bridgehead atoms. The second-order valence-corrected chi connectivity index (χ2v) is 4.59. The zero-order chi connectivity index (χ0) is 12.1. The van der Waals surface area contributed by atoms with Crippen LogP contribution in [0.5, 0.6) is 0 Å². The minimum absolute atomic E-state index is 0.0386. The van der Waals surface area contributed by atoms with E-state index in [2.05, 4.69) is 0 Å². The second-order valence-electron chi connectivity index (χ2n) is 4.59. The molecule has 0 aliphatic carbocycles. The van der Waals surface area contributed by atoms with Gasteiger partial charge in [0.15, 0.2) is 5.78 Å². The van der Waals surface area contributed by atoms with Gasteiger partial charge >= 0.3 is 5.97 Å². The fourth-order valence-corrected chi connectivity index (χ4v) is 1.06. The van der Waals surface area contributed by atoms with Crippen LogP contribution in [0.25, 0.3) is 0 Å². The molecule has 0 fully saturated rings. The molecule has 0 aliphatic rings. The summed E-state index contributed by atoms with van der Waals surface area (Å²) >= 11 is 0. The van der Waals surface area contributed by atoms with Gasteiger partial charge in [-0.2, -0.15) is 0 Å². The third kappa shape index (κ3) is 6.89. The highest BCUT2D eigenvalue weighted by Gasteiger charge is 2.20. The number of esters is 1. The molecule has 0 aromatic carbocycles. The lowest BCUT2D eigenvalue weighted by Crippen LogP contribution is -2.26. The van der Waals surface area contributed by atoms with E-state index in [0.717, 1.165) is 0 Å². The fourth-order valence-electron chi connectivity index (χ4n) is 1.06. The van der Waals surface area contributed by atoms with Gasteiger partial charge in [0, 0.05) is 5.92 Å². The number of rotatable bonds is 4. The maximum absolute atomic E-state index is 11.4. The summed E-state index contributed by atoms with van der Waals surface area (Å²) in [6, 6.07) is 0. The highest BCUT2D eigenvalue weighted by Crippen LogP contribution is 2.12. The lowest BCUT2D eigenvalue weighted by molar-refractivity contribution is -0.156. The predicted molar refractivity (Wildman–Crippen MR) is 59.4 cm³/mol. The molecule has 15 heavy (non-hydrogen) atoms. The molecule has 0 spiro atoms. The number of ether oxygens (including phenoxy) is 1. The molecule has 0 saturated heterocycles. The van der Waals surface area contributed by atoms with Gasteiger partial charge in [0.2, 0.25) is 0 Å². The summed E-state index contributed by atoms with van der Waals surface area (Å²) in [7, 11) is 0. The molecule has 86 valence electrons. The number of allylic oxidation sites excluding steroid dienone is 2. The van der Waals surface area contributed by atoms with Crippen LogP contribution in [0, 0.1) is 5.92 Å². The predicted octanol–water partition coefficient (Wildman–Crippen LogP) is 2.50. The molecule has 0 amide bonds. The van der Waals surface area contributed by atoms with Gasteiger partial charge in [-0.3, -0.25) is 9.59 Å². The molecular formula is C12H20O3. The minimum atomic E-state index is -0.486. The van der Waals surface area contributed by atoms with Crippen LogP contribution in [-0.2, 0) is 14.3 Å². The van der Waals surface area contributed by atoms with E-state index in [-0.39, 0.29) is 24.1 Å². The Bertz CT molecular complexity index is 259. The smallest absolute Gasteiger partial charge is 0.307 e. The van der Waals surface area contributed by atoms with Crippen molar-refractivity contribution in [2.45, 2.75) is 46.6 Å². The van der Waals surface area contributed by atoms with Crippen LogP contribution >= 0.6 is 0 Å². The maximum Gasteiger partial charge on any atom is 0.307 e. The van der Waals surface area contributed by atoms with E-state index in [9.17, 15) is 9.59 Å². The molecule has 0 heterocycles. The SMILES string of the molecule is C/C=C/C(=O)[C@H](C)CC(=O)OC(C)(C)C. The van der Waals surface area contributed by atoms with Crippen molar-refractivity contribution in [3.05, 3.63) is 12.2 Å². The topological polar surface area (TPSA) is 43.4 Å². The number of hydrogen-bond donors (Lipinski definition) is 0. The van der Waals surface area contributed by atoms with Crippen molar-refractivity contribution in [1.29, 1.82) is 0 Å². The summed E-state index contributed by atoms with van der Waals surface area (Å²) in [5, 5.41) is 0. The zero-order valence-electron chi connectivity index (χ0n) is 10.2. The minimum Gasteiger partial charge on any atom is -0.460 e. The standard InChI is InChI=1S/C12H20O3/c1-6-7-10(13)9(2)8-11(14)15-12(3,4)5/h6-7,9H,8H2,1-5H3/b7-6+/t9-/m1/s1. The highest BCUT2D eigenvalue weighted by molar-refractivity contribution is 5.93. The summed E-state index contributed by atoms with van der Waals surface area (Å²) in [4.78, 5) is 22.7. The van der Waals surface area contributed by atoms with E-state index in [4.69, 9.17) is 4.74 Å². The third-order valence-electron chi connectivity index (χ3n) is 1.71. The maximum atomic E-state index is 11.4. The molecule has 0 saturated carbocycles. The number of carbonyl (C=O) groups is 2. The van der Waals surface area contributed by atoms with E-state index in [1.165, 1.54) is 6.08 Å². The van der Waals surface area contributed by atoms with Crippen molar-refractivity contribution in [1.82, 2.24) is 0 Å². The summed E-state index contributed by atoms with van der Waals surface area (Å²) in [5.74, 6) is -0.674. The van der Waals surface area contributed by atoms with Gasteiger partial charge in [0.25, 0.3) is 0 Å². The normalized spacial score (nSPS) is 13.9. The summed E-state index contributed by atoms with van der Waals surface area (Å²) in [6.45, 7) is 8.93. The Morgan fingerprint density at radius 1 is 1.33 bits per heavy atom. The lowest BCUT2D eigenvalue weighted by atomic mass is 10.0. The van der Waals surface area contributed by atoms with E-state index in [1.54, 1.807) is 19.9 Å². The van der Waals surface area contributed by atoms with Crippen LogP contribution in [0.2, 0.25) is 0 Å². The number of ketones is 1. The van der Waals surface area contributed by atoms with Gasteiger partial charge in [-0.15, -0.1) is 0 Å². The molecule has 0 radical (unpaired) electrons. The van der Waals surface area contributed by atoms with Crippen LogP contribution in [0.3, 0.4) is 0 Å². The van der Waals surface area contributed by atoms with Crippen LogP contribution in [0.15, 0.2) is 12.2 Å². The molecule has 0 unspecified atom stereocenters. The quantitative estimate of drug-likeness (QED) is 0.531. The number of hydrogen-bond acceptors (Lipinski definition) is 3. The average molecular weight is 212 g/mol. The van der Waals surface area contributed by atoms with Crippen LogP contribution in [0.1, 0.15) is 41.0 Å². The molecular weight excluding hydrogens is 192 g/mol. The largest absolute Gasteiger partial charge is 0.460 e. The molecule has 3 heteroatoms. The molecule has 0 N–H and O–H groups in total. The van der Waals surface area contributed by atoms with Gasteiger partial charge in [0.1, 0.15) is 5.60 Å². The van der Waals surface area contributed by atoms with E-state index in [0.29, 0.717) is 0 Å². The number of carbonyl (C=O) groups excluding carboxylic acids is 2. The van der Waals surface area contributed by atoms with Crippen LogP contribution < -0.4 is 0 Å². The molecule has 0 rings (SSSR count). The van der Waals surface area contributed by atoms with Gasteiger partial charge in [-0.05, 0) is 33.8 Å². The van der Waals surface area contributed by atoms with Crippen molar-refractivity contribution >= 4 is 11.8 Å². The van der Waals surface area contributed by atoms with Gasteiger partial charge < -0.3 is 4.74 Å². The Labute approximate surface area is 91.5 Å². The summed E-state index contributed by atoms with van der Waals surface area (Å²) in [6.07, 6.45) is 3.30. The van der Waals surface area contributed by atoms with Gasteiger partial charge in [-0.1, -0.05) is 13.0 Å². The van der Waals surface area contributed by atoms with Crippen molar-refractivity contribution < 1.29 is 14.3 Å². The van der Waals surface area contributed by atoms with Crippen molar-refractivity contribution in [2.75, 3.05) is 0 Å². The van der Waals surface area contributed by atoms with Crippen molar-refractivity contribution in [3.63, 3.8) is 0 Å². The molecule has 0 aromatic rings. The first-order chi connectivity index (χ1) is 6.76. The fraction of sp³-hybridized carbons (Fsp3) is 0.667. The average Bonchev–Trinajstić information content (AvgIpc) is 2.00. The Morgan fingerprint density at radius 2 is 1.87 bits per heavy atom. The first-order valence-corrected chi connectivity index (χ1v) is 5.14. The summed E-state index contributed by atoms with van der Waals surface area (Å²) in [5.41, 5.74) is -0.486. The Kier molecular flexibility index (Phi) is 5.26. The highest BCUT2D eigenvalue weighted by atomic mass is 16.6. The molecule has 1 atom stereocenters. The molecule has 0 aromatic heterocycles. The first-order valence-electron chi connectivity index (χ1n) is 5.14. The first kappa shape index (κ1) is 13.9.